The zero-order valence-corrected chi connectivity index (χ0v) is 12.3. The predicted octanol–water partition coefficient (Wildman–Crippen LogP) is 2.92. The average Bonchev–Trinajstić information content (AvgIpc) is 2.51. The molecule has 0 unspecified atom stereocenters. The molecule has 1 amide bonds. The number of methoxy groups -OCH3 is 1. The Morgan fingerprint density at radius 2 is 1.90 bits per heavy atom. The monoisotopic (exact) mass is 285 g/mol. The summed E-state index contributed by atoms with van der Waals surface area (Å²) in [6.45, 7) is 5.71. The van der Waals surface area contributed by atoms with Crippen LogP contribution in [-0.4, -0.2) is 25.7 Å². The second kappa shape index (κ2) is 6.79. The van der Waals surface area contributed by atoms with E-state index < -0.39 is 6.10 Å². The molecular weight excluding hydrogens is 266 g/mol. The third kappa shape index (κ3) is 3.75. The first-order valence-electron chi connectivity index (χ1n) is 6.77. The molecule has 0 bridgehead atoms. The van der Waals surface area contributed by atoms with Gasteiger partial charge in [-0.15, -0.1) is 6.58 Å². The molecule has 0 spiro atoms. The van der Waals surface area contributed by atoms with E-state index in [4.69, 9.17) is 9.47 Å². The lowest BCUT2D eigenvalue weighted by Gasteiger charge is -2.14. The minimum atomic E-state index is -0.562. The maximum absolute atomic E-state index is 11.8. The Balaban J connectivity index is 2.14. The van der Waals surface area contributed by atoms with E-state index in [0.717, 1.165) is 16.5 Å². The quantitative estimate of drug-likeness (QED) is 0.830. The molecule has 2 rings (SSSR count). The first-order valence-corrected chi connectivity index (χ1v) is 6.77. The highest BCUT2D eigenvalue weighted by Crippen LogP contribution is 2.25. The Morgan fingerprint density at radius 1 is 1.24 bits per heavy atom. The number of amides is 1. The molecule has 21 heavy (non-hydrogen) atoms. The van der Waals surface area contributed by atoms with E-state index >= 15 is 0 Å². The molecule has 0 fully saturated rings. The number of hydrogen-bond donors (Lipinski definition) is 1. The Bertz CT molecular complexity index is 652. The second-order valence-corrected chi connectivity index (χ2v) is 4.67. The van der Waals surface area contributed by atoms with Gasteiger partial charge in [0, 0.05) is 6.54 Å². The molecule has 4 nitrogen and oxygen atoms in total. The summed E-state index contributed by atoms with van der Waals surface area (Å²) in [5.74, 6) is 1.27. The molecule has 0 heterocycles. The molecule has 110 valence electrons. The fourth-order valence-electron chi connectivity index (χ4n) is 1.98. The molecule has 0 aliphatic heterocycles. The number of hydrogen-bond acceptors (Lipinski definition) is 3. The van der Waals surface area contributed by atoms with E-state index in [1.54, 1.807) is 20.1 Å². The SMILES string of the molecule is C=CCNC(=O)[C@H](C)Oc1ccc2ccc(OC)cc2c1. The van der Waals surface area contributed by atoms with Crippen LogP contribution < -0.4 is 14.8 Å². The second-order valence-electron chi connectivity index (χ2n) is 4.67. The predicted molar refractivity (Wildman–Crippen MR) is 83.8 cm³/mol. The van der Waals surface area contributed by atoms with Crippen molar-refractivity contribution >= 4 is 16.7 Å². The van der Waals surface area contributed by atoms with Crippen molar-refractivity contribution in [3.63, 3.8) is 0 Å². The number of rotatable bonds is 6. The minimum absolute atomic E-state index is 0.166. The van der Waals surface area contributed by atoms with Crippen LogP contribution in [-0.2, 0) is 4.79 Å². The summed E-state index contributed by atoms with van der Waals surface area (Å²) in [4.78, 5) is 11.8. The van der Waals surface area contributed by atoms with Crippen molar-refractivity contribution in [3.05, 3.63) is 49.1 Å². The van der Waals surface area contributed by atoms with E-state index in [2.05, 4.69) is 11.9 Å². The third-order valence-electron chi connectivity index (χ3n) is 3.12. The maximum atomic E-state index is 11.8. The molecule has 1 N–H and O–H groups in total. The number of benzene rings is 2. The van der Waals surface area contributed by atoms with Gasteiger partial charge in [0.05, 0.1) is 7.11 Å². The number of carbonyl (C=O) groups excluding carboxylic acids is 1. The number of ether oxygens (including phenoxy) is 2. The fourth-order valence-corrected chi connectivity index (χ4v) is 1.98. The number of fused-ring (bicyclic) bond motifs is 1. The molecule has 0 aliphatic rings. The summed E-state index contributed by atoms with van der Waals surface area (Å²) in [7, 11) is 1.63. The largest absolute Gasteiger partial charge is 0.497 e. The summed E-state index contributed by atoms with van der Waals surface area (Å²) in [5.41, 5.74) is 0. The van der Waals surface area contributed by atoms with Crippen molar-refractivity contribution in [2.75, 3.05) is 13.7 Å². The van der Waals surface area contributed by atoms with Crippen LogP contribution in [0, 0.1) is 0 Å². The van der Waals surface area contributed by atoms with E-state index in [9.17, 15) is 4.79 Å². The highest BCUT2D eigenvalue weighted by atomic mass is 16.5. The normalized spacial score (nSPS) is 11.7. The molecule has 0 saturated carbocycles. The van der Waals surface area contributed by atoms with Crippen molar-refractivity contribution in [1.29, 1.82) is 0 Å². The topological polar surface area (TPSA) is 47.6 Å². The summed E-state index contributed by atoms with van der Waals surface area (Å²) in [5, 5.41) is 4.80. The van der Waals surface area contributed by atoms with Crippen LogP contribution in [0.25, 0.3) is 10.8 Å². The van der Waals surface area contributed by atoms with Crippen LogP contribution in [0.5, 0.6) is 11.5 Å². The van der Waals surface area contributed by atoms with Crippen molar-refractivity contribution in [2.24, 2.45) is 0 Å². The van der Waals surface area contributed by atoms with Gasteiger partial charge in [0.15, 0.2) is 6.10 Å². The third-order valence-corrected chi connectivity index (χ3v) is 3.12. The molecule has 0 aromatic heterocycles. The summed E-state index contributed by atoms with van der Waals surface area (Å²) in [6, 6.07) is 11.5. The Hall–Kier alpha value is -2.49. The minimum Gasteiger partial charge on any atom is -0.497 e. The van der Waals surface area contributed by atoms with Crippen LogP contribution in [0.15, 0.2) is 49.1 Å². The molecule has 2 aromatic rings. The molecule has 4 heteroatoms. The lowest BCUT2D eigenvalue weighted by atomic mass is 10.1. The van der Waals surface area contributed by atoms with Crippen molar-refractivity contribution in [2.45, 2.75) is 13.0 Å². The number of carbonyl (C=O) groups is 1. The van der Waals surface area contributed by atoms with E-state index in [0.29, 0.717) is 12.3 Å². The van der Waals surface area contributed by atoms with E-state index in [1.165, 1.54) is 0 Å². The zero-order chi connectivity index (χ0) is 15.2. The maximum Gasteiger partial charge on any atom is 0.261 e. The van der Waals surface area contributed by atoms with Gasteiger partial charge >= 0.3 is 0 Å². The standard InChI is InChI=1S/C17H19NO3/c1-4-9-18-17(19)12(2)21-16-8-6-13-5-7-15(20-3)10-14(13)11-16/h4-8,10-12H,1,9H2,2-3H3,(H,18,19)/t12-/m0/s1. The average molecular weight is 285 g/mol. The Kier molecular flexibility index (Phi) is 4.82. The summed E-state index contributed by atoms with van der Waals surface area (Å²) < 4.78 is 10.9. The van der Waals surface area contributed by atoms with Gasteiger partial charge in [0.25, 0.3) is 5.91 Å². The van der Waals surface area contributed by atoms with Crippen LogP contribution in [0.4, 0.5) is 0 Å². The van der Waals surface area contributed by atoms with Crippen molar-refractivity contribution < 1.29 is 14.3 Å². The van der Waals surface area contributed by atoms with Gasteiger partial charge in [-0.05, 0) is 42.0 Å². The van der Waals surface area contributed by atoms with Gasteiger partial charge in [-0.2, -0.15) is 0 Å². The summed E-state index contributed by atoms with van der Waals surface area (Å²) in [6.07, 6.45) is 1.07. The van der Waals surface area contributed by atoms with Crippen LogP contribution in [0.3, 0.4) is 0 Å². The lowest BCUT2D eigenvalue weighted by molar-refractivity contribution is -0.127. The zero-order valence-electron chi connectivity index (χ0n) is 12.3. The summed E-state index contributed by atoms with van der Waals surface area (Å²) >= 11 is 0. The van der Waals surface area contributed by atoms with Gasteiger partial charge in [-0.3, -0.25) is 4.79 Å². The van der Waals surface area contributed by atoms with Gasteiger partial charge in [-0.1, -0.05) is 18.2 Å². The fraction of sp³-hybridized carbons (Fsp3) is 0.235. The van der Waals surface area contributed by atoms with Crippen molar-refractivity contribution in [1.82, 2.24) is 5.32 Å². The highest BCUT2D eigenvalue weighted by molar-refractivity contribution is 5.85. The van der Waals surface area contributed by atoms with Crippen LogP contribution in [0.2, 0.25) is 0 Å². The van der Waals surface area contributed by atoms with Crippen molar-refractivity contribution in [3.8, 4) is 11.5 Å². The number of nitrogens with one attached hydrogen (secondary N) is 1. The molecule has 2 aromatic carbocycles. The van der Waals surface area contributed by atoms with Gasteiger partial charge in [0.2, 0.25) is 0 Å². The van der Waals surface area contributed by atoms with Gasteiger partial charge in [-0.25, -0.2) is 0 Å². The van der Waals surface area contributed by atoms with E-state index in [1.807, 2.05) is 36.4 Å². The van der Waals surface area contributed by atoms with Gasteiger partial charge in [0.1, 0.15) is 11.5 Å². The Morgan fingerprint density at radius 3 is 2.57 bits per heavy atom. The van der Waals surface area contributed by atoms with Gasteiger partial charge < -0.3 is 14.8 Å². The highest BCUT2D eigenvalue weighted by Gasteiger charge is 2.13. The molecule has 1 atom stereocenters. The molecular formula is C17H19NO3. The van der Waals surface area contributed by atoms with Crippen LogP contribution >= 0.6 is 0 Å². The van der Waals surface area contributed by atoms with E-state index in [-0.39, 0.29) is 5.91 Å². The molecule has 0 radical (unpaired) electrons. The first-order chi connectivity index (χ1) is 10.1. The smallest absolute Gasteiger partial charge is 0.261 e. The molecule has 0 saturated heterocycles. The Labute approximate surface area is 124 Å². The molecule has 0 aliphatic carbocycles. The lowest BCUT2D eigenvalue weighted by Crippen LogP contribution is -2.36. The first kappa shape index (κ1) is 14.9. The van der Waals surface area contributed by atoms with Crippen LogP contribution in [0.1, 0.15) is 6.92 Å².